The van der Waals surface area contributed by atoms with E-state index < -0.39 is 26.5 Å². The molecule has 0 saturated heterocycles. The summed E-state index contributed by atoms with van der Waals surface area (Å²) >= 11 is 0. The van der Waals surface area contributed by atoms with E-state index in [0.717, 1.165) is 17.6 Å². The third-order valence-corrected chi connectivity index (χ3v) is 12.8. The number of carbonyl (C=O) groups is 2. The Kier molecular flexibility index (Phi) is 12.7. The number of esters is 1. The van der Waals surface area contributed by atoms with Crippen LogP contribution in [0, 0.1) is 11.8 Å². The second-order valence-electron chi connectivity index (χ2n) is 12.6. The highest BCUT2D eigenvalue weighted by molar-refractivity contribution is 6.99. The zero-order valence-electron chi connectivity index (χ0n) is 26.7. The van der Waals surface area contributed by atoms with Crippen LogP contribution >= 0.6 is 0 Å². The summed E-state index contributed by atoms with van der Waals surface area (Å²) in [5.41, 5.74) is 0.930. The van der Waals surface area contributed by atoms with Crippen molar-refractivity contribution in [2.24, 2.45) is 11.8 Å². The molecule has 7 heteroatoms. The van der Waals surface area contributed by atoms with E-state index in [4.69, 9.17) is 18.6 Å². The molecule has 232 valence electrons. The molecule has 3 atom stereocenters. The number of carbonyl (C=O) groups excluding carboxylic acids is 2. The lowest BCUT2D eigenvalue weighted by atomic mass is 10.0. The lowest BCUT2D eigenvalue weighted by Crippen LogP contribution is -2.67. The van der Waals surface area contributed by atoms with E-state index in [9.17, 15) is 9.59 Å². The molecule has 0 heterocycles. The van der Waals surface area contributed by atoms with Crippen LogP contribution in [0.5, 0.6) is 5.75 Å². The van der Waals surface area contributed by atoms with Gasteiger partial charge in [0.1, 0.15) is 18.1 Å². The van der Waals surface area contributed by atoms with Gasteiger partial charge >= 0.3 is 5.97 Å². The second kappa shape index (κ2) is 16.0. The number of methoxy groups -OCH3 is 1. The van der Waals surface area contributed by atoms with Gasteiger partial charge in [-0.2, -0.15) is 0 Å². The Balaban J connectivity index is 1.80. The summed E-state index contributed by atoms with van der Waals surface area (Å²) in [6.07, 6.45) is 0.0237. The van der Waals surface area contributed by atoms with Crippen LogP contribution in [0.25, 0.3) is 0 Å². The highest BCUT2D eigenvalue weighted by Crippen LogP contribution is 2.37. The van der Waals surface area contributed by atoms with Crippen molar-refractivity contribution in [1.82, 2.24) is 0 Å². The van der Waals surface area contributed by atoms with E-state index in [1.54, 1.807) is 7.11 Å². The van der Waals surface area contributed by atoms with Gasteiger partial charge in [-0.25, -0.2) is 4.79 Å². The lowest BCUT2D eigenvalue weighted by Gasteiger charge is -2.44. The van der Waals surface area contributed by atoms with Gasteiger partial charge in [-0.05, 0) is 45.4 Å². The molecule has 3 aromatic carbocycles. The summed E-state index contributed by atoms with van der Waals surface area (Å²) in [6, 6.07) is 28.4. The fraction of sp³-hybridized carbons (Fsp3) is 0.444. The number of aldehydes is 1. The SMILES string of the molecule is COc1ccc(CO[C@@H](CC(C)C)C(=O)O[C@@H](CC=O)[C@H](C)CO[Si](c2ccccc2)(c2ccccc2)C(C)(C)C)cc1. The molecule has 0 amide bonds. The number of ether oxygens (including phenoxy) is 3. The number of hydrogen-bond donors (Lipinski definition) is 0. The molecular weight excluding hydrogens is 556 g/mol. The highest BCUT2D eigenvalue weighted by Gasteiger charge is 2.50. The summed E-state index contributed by atoms with van der Waals surface area (Å²) < 4.78 is 24.4. The van der Waals surface area contributed by atoms with Gasteiger partial charge in [0.2, 0.25) is 0 Å². The maximum absolute atomic E-state index is 13.5. The molecule has 0 fully saturated rings. The van der Waals surface area contributed by atoms with Crippen LogP contribution in [-0.4, -0.2) is 46.5 Å². The van der Waals surface area contributed by atoms with Gasteiger partial charge in [-0.3, -0.25) is 0 Å². The standard InChI is InChI=1S/C36H48O6Si/c1-27(2)24-34(40-26-29-18-20-30(39-7)21-19-29)35(38)42-33(22-23-37)28(3)25-41-43(36(4,5)6,31-14-10-8-11-15-31)32-16-12-9-13-17-32/h8-21,23,27-28,33-34H,22,24-26H2,1-7H3/t28-,33+,34+/m1/s1. The Hall–Kier alpha value is -3.26. The largest absolute Gasteiger partial charge is 0.497 e. The average molecular weight is 605 g/mol. The molecule has 0 aliphatic carbocycles. The van der Waals surface area contributed by atoms with E-state index in [2.05, 4.69) is 69.3 Å². The zero-order valence-corrected chi connectivity index (χ0v) is 27.7. The summed E-state index contributed by atoms with van der Waals surface area (Å²) in [6.45, 7) is 13.3. The Morgan fingerprint density at radius 3 is 1.88 bits per heavy atom. The van der Waals surface area contributed by atoms with Crippen LogP contribution in [0.3, 0.4) is 0 Å². The van der Waals surface area contributed by atoms with Gasteiger partial charge in [0.25, 0.3) is 8.32 Å². The molecular formula is C36H48O6Si. The van der Waals surface area contributed by atoms with Crippen molar-refractivity contribution in [1.29, 1.82) is 0 Å². The van der Waals surface area contributed by atoms with E-state index in [1.807, 2.05) is 57.2 Å². The summed E-state index contributed by atoms with van der Waals surface area (Å²) in [4.78, 5) is 25.2. The maximum atomic E-state index is 13.5. The monoisotopic (exact) mass is 604 g/mol. The van der Waals surface area contributed by atoms with Crippen molar-refractivity contribution >= 4 is 30.9 Å². The topological polar surface area (TPSA) is 71.1 Å². The number of hydrogen-bond acceptors (Lipinski definition) is 6. The quantitative estimate of drug-likeness (QED) is 0.108. The molecule has 0 bridgehead atoms. The fourth-order valence-corrected chi connectivity index (χ4v) is 10.1. The summed E-state index contributed by atoms with van der Waals surface area (Å²) in [5, 5.41) is 2.16. The van der Waals surface area contributed by atoms with Crippen LogP contribution in [0.1, 0.15) is 59.9 Å². The first kappa shape index (κ1) is 34.2. The molecule has 6 nitrogen and oxygen atoms in total. The normalized spacial score (nSPS) is 14.1. The molecule has 0 spiro atoms. The van der Waals surface area contributed by atoms with Gasteiger partial charge < -0.3 is 23.4 Å². The Labute approximate surface area is 258 Å². The van der Waals surface area contributed by atoms with Crippen LogP contribution in [0.4, 0.5) is 0 Å². The predicted molar refractivity (Wildman–Crippen MR) is 174 cm³/mol. The predicted octanol–water partition coefficient (Wildman–Crippen LogP) is 6.34. The van der Waals surface area contributed by atoms with Gasteiger partial charge in [0.15, 0.2) is 6.10 Å². The minimum atomic E-state index is -2.78. The molecule has 0 unspecified atom stereocenters. The Morgan fingerprint density at radius 2 is 1.42 bits per heavy atom. The molecule has 0 aromatic heterocycles. The molecule has 0 radical (unpaired) electrons. The van der Waals surface area contributed by atoms with E-state index in [1.165, 1.54) is 10.4 Å². The third-order valence-electron chi connectivity index (χ3n) is 7.77. The molecule has 3 aromatic rings. The van der Waals surface area contributed by atoms with E-state index in [-0.39, 0.29) is 29.9 Å². The minimum Gasteiger partial charge on any atom is -0.497 e. The summed E-state index contributed by atoms with van der Waals surface area (Å²) in [5.74, 6) is 0.296. The maximum Gasteiger partial charge on any atom is 0.335 e. The molecule has 0 aliphatic heterocycles. The first-order valence-corrected chi connectivity index (χ1v) is 17.1. The van der Waals surface area contributed by atoms with Gasteiger partial charge in [0.05, 0.1) is 13.7 Å². The van der Waals surface area contributed by atoms with Gasteiger partial charge in [-0.1, -0.05) is 114 Å². The first-order chi connectivity index (χ1) is 20.5. The average Bonchev–Trinajstić information content (AvgIpc) is 2.99. The number of rotatable bonds is 16. The van der Waals surface area contributed by atoms with E-state index >= 15 is 0 Å². The van der Waals surface area contributed by atoms with Crippen LogP contribution in [0.15, 0.2) is 84.9 Å². The lowest BCUT2D eigenvalue weighted by molar-refractivity contribution is -0.168. The Bertz CT molecular complexity index is 1210. The van der Waals surface area contributed by atoms with Crippen LogP contribution in [-0.2, 0) is 30.1 Å². The smallest absolute Gasteiger partial charge is 0.335 e. The van der Waals surface area contributed by atoms with Crippen molar-refractivity contribution in [3.8, 4) is 5.75 Å². The zero-order chi connectivity index (χ0) is 31.5. The molecule has 0 aliphatic rings. The number of benzene rings is 3. The van der Waals surface area contributed by atoms with Gasteiger partial charge in [-0.15, -0.1) is 0 Å². The van der Waals surface area contributed by atoms with Crippen molar-refractivity contribution in [3.63, 3.8) is 0 Å². The molecule has 3 rings (SSSR count). The van der Waals surface area contributed by atoms with Crippen LogP contribution < -0.4 is 15.1 Å². The highest BCUT2D eigenvalue weighted by atomic mass is 28.4. The minimum absolute atomic E-state index is 0.0872. The molecule has 0 saturated carbocycles. The fourth-order valence-electron chi connectivity index (χ4n) is 5.42. The second-order valence-corrected chi connectivity index (χ2v) is 16.9. The first-order valence-electron chi connectivity index (χ1n) is 15.2. The van der Waals surface area contributed by atoms with Crippen LogP contribution in [0.2, 0.25) is 5.04 Å². The molecule has 0 N–H and O–H groups in total. The van der Waals surface area contributed by atoms with E-state index in [0.29, 0.717) is 13.0 Å². The van der Waals surface area contributed by atoms with Crippen molar-refractivity contribution < 1.29 is 28.2 Å². The Morgan fingerprint density at radius 1 is 0.860 bits per heavy atom. The summed E-state index contributed by atoms with van der Waals surface area (Å²) in [7, 11) is -1.16. The van der Waals surface area contributed by atoms with Crippen molar-refractivity contribution in [3.05, 3.63) is 90.5 Å². The van der Waals surface area contributed by atoms with Crippen molar-refractivity contribution in [2.75, 3.05) is 13.7 Å². The third kappa shape index (κ3) is 9.11. The molecule has 43 heavy (non-hydrogen) atoms. The van der Waals surface area contributed by atoms with Crippen molar-refractivity contribution in [2.45, 2.75) is 78.2 Å². The van der Waals surface area contributed by atoms with Gasteiger partial charge in [0, 0.05) is 18.9 Å².